The van der Waals surface area contributed by atoms with Gasteiger partial charge in [-0.25, -0.2) is 4.79 Å². The predicted molar refractivity (Wildman–Crippen MR) is 64.1 cm³/mol. The molecular formula is C12H16N2O2. The first kappa shape index (κ1) is 10.8. The van der Waals surface area contributed by atoms with Gasteiger partial charge < -0.3 is 4.74 Å². The molecule has 4 heteroatoms. The van der Waals surface area contributed by atoms with E-state index < -0.39 is 0 Å². The summed E-state index contributed by atoms with van der Waals surface area (Å²) in [7, 11) is 3.39. The minimum Gasteiger partial charge on any atom is -0.494 e. The van der Waals surface area contributed by atoms with Gasteiger partial charge in [0.05, 0.1) is 12.6 Å². The number of imidazole rings is 1. The molecule has 0 saturated carbocycles. The third-order valence-electron chi connectivity index (χ3n) is 2.80. The Morgan fingerprint density at radius 1 is 1.31 bits per heavy atom. The fraction of sp³-hybridized carbons (Fsp3) is 0.417. The molecule has 2 aromatic rings. The van der Waals surface area contributed by atoms with E-state index >= 15 is 0 Å². The van der Waals surface area contributed by atoms with Crippen LogP contribution in [0.25, 0.3) is 11.0 Å². The molecule has 0 amide bonds. The third-order valence-corrected chi connectivity index (χ3v) is 2.80. The minimum atomic E-state index is -0.00509. The lowest BCUT2D eigenvalue weighted by Crippen LogP contribution is -2.23. The number of aromatic nitrogens is 2. The van der Waals surface area contributed by atoms with E-state index in [1.165, 1.54) is 0 Å². The van der Waals surface area contributed by atoms with E-state index in [0.717, 1.165) is 16.8 Å². The first-order valence-electron chi connectivity index (χ1n) is 5.32. The summed E-state index contributed by atoms with van der Waals surface area (Å²) in [6.07, 6.45) is 0. The lowest BCUT2D eigenvalue weighted by Gasteiger charge is -2.07. The van der Waals surface area contributed by atoms with Gasteiger partial charge in [-0.1, -0.05) is 6.07 Å². The molecule has 0 aliphatic heterocycles. The first-order valence-corrected chi connectivity index (χ1v) is 5.32. The highest BCUT2D eigenvalue weighted by molar-refractivity contribution is 5.82. The minimum absolute atomic E-state index is 0.00509. The largest absolute Gasteiger partial charge is 0.494 e. The number of aryl methyl sites for hydroxylation is 1. The molecule has 0 aliphatic carbocycles. The third kappa shape index (κ3) is 1.33. The summed E-state index contributed by atoms with van der Waals surface area (Å²) >= 11 is 0. The number of para-hydroxylation sites is 1. The van der Waals surface area contributed by atoms with Crippen LogP contribution in [0.1, 0.15) is 19.9 Å². The average Bonchev–Trinajstić information content (AvgIpc) is 2.51. The topological polar surface area (TPSA) is 36.2 Å². The molecule has 0 radical (unpaired) electrons. The van der Waals surface area contributed by atoms with Crippen LogP contribution in [0.4, 0.5) is 0 Å². The van der Waals surface area contributed by atoms with Crippen LogP contribution in [0.5, 0.6) is 5.75 Å². The van der Waals surface area contributed by atoms with Gasteiger partial charge in [-0.3, -0.25) is 9.13 Å². The van der Waals surface area contributed by atoms with Crippen molar-refractivity contribution < 1.29 is 4.74 Å². The van der Waals surface area contributed by atoms with Gasteiger partial charge in [0.2, 0.25) is 0 Å². The van der Waals surface area contributed by atoms with E-state index in [9.17, 15) is 4.79 Å². The normalized spacial score (nSPS) is 11.3. The van der Waals surface area contributed by atoms with Gasteiger partial charge in [-0.2, -0.15) is 0 Å². The van der Waals surface area contributed by atoms with Crippen LogP contribution in [-0.4, -0.2) is 16.2 Å². The maximum Gasteiger partial charge on any atom is 0.329 e. The zero-order valence-electron chi connectivity index (χ0n) is 10.0. The highest BCUT2D eigenvalue weighted by Crippen LogP contribution is 2.25. The molecular weight excluding hydrogens is 204 g/mol. The molecule has 16 heavy (non-hydrogen) atoms. The molecule has 1 heterocycles. The molecule has 1 aromatic carbocycles. The number of rotatable bonds is 2. The Labute approximate surface area is 94.1 Å². The molecule has 0 fully saturated rings. The standard InChI is InChI=1S/C12H16N2O2/c1-8(2)14-9-6-5-7-10(16-4)11(9)13(3)12(14)15/h5-8H,1-4H3. The second-order valence-corrected chi connectivity index (χ2v) is 4.13. The highest BCUT2D eigenvalue weighted by Gasteiger charge is 2.15. The van der Waals surface area contributed by atoms with Gasteiger partial charge in [-0.15, -0.1) is 0 Å². The van der Waals surface area contributed by atoms with Gasteiger partial charge in [0.25, 0.3) is 0 Å². The molecule has 86 valence electrons. The van der Waals surface area contributed by atoms with E-state index in [1.54, 1.807) is 23.3 Å². The number of nitrogens with zero attached hydrogens (tertiary/aromatic N) is 2. The predicted octanol–water partition coefficient (Wildman–Crippen LogP) is 1.93. The van der Waals surface area contributed by atoms with Gasteiger partial charge in [0, 0.05) is 13.1 Å². The maximum absolute atomic E-state index is 12.1. The van der Waals surface area contributed by atoms with E-state index in [0.29, 0.717) is 0 Å². The lowest BCUT2D eigenvalue weighted by molar-refractivity contribution is 0.418. The zero-order chi connectivity index (χ0) is 11.9. The van der Waals surface area contributed by atoms with Crippen molar-refractivity contribution in [2.75, 3.05) is 7.11 Å². The quantitative estimate of drug-likeness (QED) is 0.775. The molecule has 0 saturated heterocycles. The van der Waals surface area contributed by atoms with E-state index in [-0.39, 0.29) is 11.7 Å². The molecule has 0 spiro atoms. The number of fused-ring (bicyclic) bond motifs is 1. The summed E-state index contributed by atoms with van der Waals surface area (Å²) in [5.41, 5.74) is 1.76. The molecule has 1 aromatic heterocycles. The molecule has 0 bridgehead atoms. The van der Waals surface area contributed by atoms with Crippen LogP contribution in [-0.2, 0) is 7.05 Å². The number of ether oxygens (including phenoxy) is 1. The fourth-order valence-corrected chi connectivity index (χ4v) is 2.07. The van der Waals surface area contributed by atoms with Gasteiger partial charge in [-0.05, 0) is 26.0 Å². The van der Waals surface area contributed by atoms with Crippen molar-refractivity contribution >= 4 is 11.0 Å². The number of benzene rings is 1. The molecule has 0 unspecified atom stereocenters. The van der Waals surface area contributed by atoms with Crippen molar-refractivity contribution in [2.45, 2.75) is 19.9 Å². The average molecular weight is 220 g/mol. The Hall–Kier alpha value is -1.71. The summed E-state index contributed by atoms with van der Waals surface area (Å²) in [5.74, 6) is 0.733. The molecule has 0 N–H and O–H groups in total. The van der Waals surface area contributed by atoms with Crippen LogP contribution in [0.2, 0.25) is 0 Å². The second kappa shape index (κ2) is 3.70. The van der Waals surface area contributed by atoms with Crippen LogP contribution >= 0.6 is 0 Å². The Kier molecular flexibility index (Phi) is 2.50. The summed E-state index contributed by atoms with van der Waals surface area (Å²) in [4.78, 5) is 12.1. The Morgan fingerprint density at radius 3 is 2.56 bits per heavy atom. The van der Waals surface area contributed by atoms with Gasteiger partial charge >= 0.3 is 5.69 Å². The van der Waals surface area contributed by atoms with Crippen LogP contribution in [0.3, 0.4) is 0 Å². The first-order chi connectivity index (χ1) is 7.57. The Bertz CT molecular complexity index is 578. The van der Waals surface area contributed by atoms with Crippen molar-refractivity contribution in [2.24, 2.45) is 7.05 Å². The van der Waals surface area contributed by atoms with Crippen molar-refractivity contribution in [3.8, 4) is 5.75 Å². The van der Waals surface area contributed by atoms with Gasteiger partial charge in [0.15, 0.2) is 0 Å². The molecule has 0 aliphatic rings. The fourth-order valence-electron chi connectivity index (χ4n) is 2.07. The monoisotopic (exact) mass is 220 g/mol. The molecule has 4 nitrogen and oxygen atoms in total. The van der Waals surface area contributed by atoms with E-state index in [1.807, 2.05) is 32.0 Å². The Morgan fingerprint density at radius 2 is 2.00 bits per heavy atom. The summed E-state index contributed by atoms with van der Waals surface area (Å²) in [5, 5.41) is 0. The lowest BCUT2D eigenvalue weighted by atomic mass is 10.2. The van der Waals surface area contributed by atoms with Crippen molar-refractivity contribution in [3.63, 3.8) is 0 Å². The van der Waals surface area contributed by atoms with Crippen molar-refractivity contribution in [1.29, 1.82) is 0 Å². The van der Waals surface area contributed by atoms with Crippen LogP contribution < -0.4 is 10.4 Å². The number of hydrogen-bond acceptors (Lipinski definition) is 2. The van der Waals surface area contributed by atoms with Crippen molar-refractivity contribution in [1.82, 2.24) is 9.13 Å². The second-order valence-electron chi connectivity index (χ2n) is 4.13. The smallest absolute Gasteiger partial charge is 0.329 e. The van der Waals surface area contributed by atoms with Gasteiger partial charge in [0.1, 0.15) is 11.3 Å². The van der Waals surface area contributed by atoms with E-state index in [2.05, 4.69) is 0 Å². The van der Waals surface area contributed by atoms with Crippen LogP contribution in [0.15, 0.2) is 23.0 Å². The summed E-state index contributed by atoms with van der Waals surface area (Å²) < 4.78 is 8.69. The molecule has 2 rings (SSSR count). The zero-order valence-corrected chi connectivity index (χ0v) is 10.0. The number of hydrogen-bond donors (Lipinski definition) is 0. The summed E-state index contributed by atoms with van der Waals surface area (Å²) in [6.45, 7) is 4.00. The summed E-state index contributed by atoms with van der Waals surface area (Å²) in [6, 6.07) is 5.86. The number of methoxy groups -OCH3 is 1. The van der Waals surface area contributed by atoms with Crippen molar-refractivity contribution in [3.05, 3.63) is 28.7 Å². The Balaban J connectivity index is 2.95. The SMILES string of the molecule is COc1cccc2c1n(C)c(=O)n2C(C)C. The van der Waals surface area contributed by atoms with Crippen LogP contribution in [0, 0.1) is 0 Å². The highest BCUT2D eigenvalue weighted by atomic mass is 16.5. The maximum atomic E-state index is 12.1. The van der Waals surface area contributed by atoms with E-state index in [4.69, 9.17) is 4.74 Å². The molecule has 0 atom stereocenters.